The van der Waals surface area contributed by atoms with E-state index in [4.69, 9.17) is 0 Å². The van der Waals surface area contributed by atoms with Gasteiger partial charge < -0.3 is 9.47 Å². The van der Waals surface area contributed by atoms with Gasteiger partial charge in [0.25, 0.3) is 0 Å². The van der Waals surface area contributed by atoms with Crippen molar-refractivity contribution < 1.29 is 32.4 Å². The molecule has 0 radical (unpaired) electrons. The predicted octanol–water partition coefficient (Wildman–Crippen LogP) is 2.30. The first-order valence-electron chi connectivity index (χ1n) is 5.70. The van der Waals surface area contributed by atoms with Crippen molar-refractivity contribution in [2.45, 2.75) is 26.6 Å². The van der Waals surface area contributed by atoms with Gasteiger partial charge in [-0.25, -0.2) is 4.98 Å². The number of alkyl halides is 3. The lowest BCUT2D eigenvalue weighted by atomic mass is 10.1. The van der Waals surface area contributed by atoms with Crippen molar-refractivity contribution in [3.63, 3.8) is 0 Å². The minimum Gasteiger partial charge on any atom is -0.466 e. The molecule has 0 fully saturated rings. The molecule has 10 heteroatoms. The molecule has 0 atom stereocenters. The Balaban J connectivity index is 3.18. The van der Waals surface area contributed by atoms with E-state index < -0.39 is 28.8 Å². The Labute approximate surface area is 116 Å². The highest BCUT2D eigenvalue weighted by Gasteiger charge is 2.36. The van der Waals surface area contributed by atoms with Crippen molar-refractivity contribution in [3.05, 3.63) is 27.4 Å². The monoisotopic (exact) mass is 308 g/mol. The number of rotatable bonds is 5. The quantitative estimate of drug-likeness (QED) is 0.471. The van der Waals surface area contributed by atoms with E-state index in [1.807, 2.05) is 0 Å². The molecule has 0 amide bonds. The van der Waals surface area contributed by atoms with Crippen LogP contribution in [0.3, 0.4) is 0 Å². The highest BCUT2D eigenvalue weighted by Crippen LogP contribution is 2.31. The molecule has 116 valence electrons. The molecular formula is C11H11F3N2O5. The molecule has 0 aliphatic carbocycles. The summed E-state index contributed by atoms with van der Waals surface area (Å²) in [4.78, 5) is 24.4. The Morgan fingerprint density at radius 1 is 1.48 bits per heavy atom. The van der Waals surface area contributed by atoms with Crippen LogP contribution < -0.4 is 4.74 Å². The first-order chi connectivity index (χ1) is 9.64. The fourth-order valence-electron chi connectivity index (χ4n) is 1.47. The molecule has 21 heavy (non-hydrogen) atoms. The first-order valence-corrected chi connectivity index (χ1v) is 5.70. The van der Waals surface area contributed by atoms with E-state index in [1.54, 1.807) is 6.92 Å². The number of hydrogen-bond donors (Lipinski definition) is 0. The molecule has 0 unspecified atom stereocenters. The van der Waals surface area contributed by atoms with Crippen LogP contribution in [0, 0.1) is 17.0 Å². The summed E-state index contributed by atoms with van der Waals surface area (Å²) in [6.45, 7) is 3.00. The maximum Gasteiger partial charge on any atom is 0.574 e. The average molecular weight is 308 g/mol. The minimum atomic E-state index is -5.10. The molecule has 0 aliphatic rings. The molecule has 0 N–H and O–H groups in total. The molecule has 1 heterocycles. The van der Waals surface area contributed by atoms with Crippen LogP contribution in [0.15, 0.2) is 6.07 Å². The van der Waals surface area contributed by atoms with E-state index in [0.29, 0.717) is 0 Å². The zero-order valence-corrected chi connectivity index (χ0v) is 11.1. The zero-order valence-electron chi connectivity index (χ0n) is 11.1. The number of ether oxygens (including phenoxy) is 2. The summed E-state index contributed by atoms with van der Waals surface area (Å²) in [6.07, 6.45) is -5.44. The van der Waals surface area contributed by atoms with Crippen molar-refractivity contribution in [1.29, 1.82) is 0 Å². The smallest absolute Gasteiger partial charge is 0.466 e. The van der Waals surface area contributed by atoms with Gasteiger partial charge in [-0.2, -0.15) is 0 Å². The fraction of sp³-hybridized carbons (Fsp3) is 0.455. The van der Waals surface area contributed by atoms with Gasteiger partial charge in [0.15, 0.2) is 0 Å². The van der Waals surface area contributed by atoms with Crippen molar-refractivity contribution in [2.75, 3.05) is 6.61 Å². The van der Waals surface area contributed by atoms with E-state index in [9.17, 15) is 28.1 Å². The van der Waals surface area contributed by atoms with Gasteiger partial charge >= 0.3 is 23.9 Å². The van der Waals surface area contributed by atoms with E-state index in [2.05, 4.69) is 14.5 Å². The van der Waals surface area contributed by atoms with E-state index in [0.717, 1.165) is 6.07 Å². The molecule has 0 saturated heterocycles. The van der Waals surface area contributed by atoms with Gasteiger partial charge in [0, 0.05) is 11.8 Å². The summed E-state index contributed by atoms with van der Waals surface area (Å²) in [7, 11) is 0. The highest BCUT2D eigenvalue weighted by molar-refractivity contribution is 5.73. The molecule has 0 aliphatic heterocycles. The summed E-state index contributed by atoms with van der Waals surface area (Å²) < 4.78 is 44.7. The lowest BCUT2D eigenvalue weighted by Gasteiger charge is -2.11. The second kappa shape index (κ2) is 6.37. The summed E-state index contributed by atoms with van der Waals surface area (Å²) in [5.41, 5.74) is -0.875. The lowest BCUT2D eigenvalue weighted by Crippen LogP contribution is -2.19. The van der Waals surface area contributed by atoms with E-state index in [-0.39, 0.29) is 24.3 Å². The number of nitro groups is 1. The van der Waals surface area contributed by atoms with Gasteiger partial charge in [0.1, 0.15) is 0 Å². The Morgan fingerprint density at radius 3 is 2.57 bits per heavy atom. The SMILES string of the molecule is CCOC(=O)Cc1cc([N+](=O)[O-])c(OC(F)(F)F)nc1C. The van der Waals surface area contributed by atoms with Crippen LogP contribution >= 0.6 is 0 Å². The highest BCUT2D eigenvalue weighted by atomic mass is 19.4. The summed E-state index contributed by atoms with van der Waals surface area (Å²) in [5, 5.41) is 10.8. The number of hydrogen-bond acceptors (Lipinski definition) is 6. The molecule has 1 rings (SSSR count). The van der Waals surface area contributed by atoms with Crippen LogP contribution in [0.25, 0.3) is 0 Å². The van der Waals surface area contributed by atoms with Gasteiger partial charge in [-0.3, -0.25) is 14.9 Å². The van der Waals surface area contributed by atoms with Gasteiger partial charge in [-0.15, -0.1) is 13.2 Å². The number of nitrogens with zero attached hydrogens (tertiary/aromatic N) is 2. The summed E-state index contributed by atoms with van der Waals surface area (Å²) in [5.74, 6) is -1.83. The van der Waals surface area contributed by atoms with Crippen molar-refractivity contribution in [3.8, 4) is 5.88 Å². The number of esters is 1. The number of aryl methyl sites for hydroxylation is 1. The number of pyridine rings is 1. The Bertz CT molecular complexity index is 560. The fourth-order valence-corrected chi connectivity index (χ4v) is 1.47. The molecular weight excluding hydrogens is 297 g/mol. The third kappa shape index (κ3) is 4.89. The predicted molar refractivity (Wildman–Crippen MR) is 62.6 cm³/mol. The third-order valence-electron chi connectivity index (χ3n) is 2.31. The van der Waals surface area contributed by atoms with Crippen LogP contribution in [0.1, 0.15) is 18.2 Å². The second-order valence-corrected chi connectivity index (χ2v) is 3.84. The van der Waals surface area contributed by atoms with Crippen molar-refractivity contribution in [1.82, 2.24) is 4.98 Å². The standard InChI is InChI=1S/C11H11F3N2O5/c1-3-20-9(17)5-7-4-8(16(18)19)10(15-6(7)2)21-11(12,13)14/h4H,3,5H2,1-2H3. The van der Waals surface area contributed by atoms with Crippen LogP contribution in [0.5, 0.6) is 5.88 Å². The Morgan fingerprint density at radius 2 is 2.10 bits per heavy atom. The molecule has 1 aromatic heterocycles. The van der Waals surface area contributed by atoms with Crippen molar-refractivity contribution >= 4 is 11.7 Å². The summed E-state index contributed by atoms with van der Waals surface area (Å²) in [6, 6.07) is 0.820. The number of halogens is 3. The maximum absolute atomic E-state index is 12.2. The normalized spacial score (nSPS) is 11.1. The third-order valence-corrected chi connectivity index (χ3v) is 2.31. The van der Waals surface area contributed by atoms with Gasteiger partial charge in [0.05, 0.1) is 18.0 Å². The lowest BCUT2D eigenvalue weighted by molar-refractivity contribution is -0.389. The molecule has 1 aromatic rings. The van der Waals surface area contributed by atoms with Gasteiger partial charge in [0.2, 0.25) is 0 Å². The van der Waals surface area contributed by atoms with Crippen LogP contribution in [-0.4, -0.2) is 28.8 Å². The van der Waals surface area contributed by atoms with Crippen LogP contribution in [0.4, 0.5) is 18.9 Å². The maximum atomic E-state index is 12.2. The molecule has 0 saturated carbocycles. The van der Waals surface area contributed by atoms with Gasteiger partial charge in [-0.05, 0) is 19.4 Å². The number of carbonyl (C=O) groups is 1. The number of aromatic nitrogens is 1. The largest absolute Gasteiger partial charge is 0.574 e. The average Bonchev–Trinajstić information content (AvgIpc) is 2.30. The summed E-state index contributed by atoms with van der Waals surface area (Å²) >= 11 is 0. The Kier molecular flexibility index (Phi) is 5.06. The molecule has 0 bridgehead atoms. The van der Waals surface area contributed by atoms with Crippen LogP contribution in [-0.2, 0) is 16.0 Å². The first kappa shape index (κ1) is 16.7. The topological polar surface area (TPSA) is 91.6 Å². The second-order valence-electron chi connectivity index (χ2n) is 3.84. The Hall–Kier alpha value is -2.39. The van der Waals surface area contributed by atoms with Gasteiger partial charge in [-0.1, -0.05) is 0 Å². The molecule has 7 nitrogen and oxygen atoms in total. The van der Waals surface area contributed by atoms with Crippen molar-refractivity contribution in [2.24, 2.45) is 0 Å². The molecule has 0 aromatic carbocycles. The zero-order chi connectivity index (χ0) is 16.2. The minimum absolute atomic E-state index is 0.00732. The molecule has 0 spiro atoms. The van der Waals surface area contributed by atoms with E-state index >= 15 is 0 Å². The van der Waals surface area contributed by atoms with Crippen LogP contribution in [0.2, 0.25) is 0 Å². The number of carbonyl (C=O) groups excluding carboxylic acids is 1. The van der Waals surface area contributed by atoms with E-state index in [1.165, 1.54) is 6.92 Å².